The Morgan fingerprint density at radius 1 is 1.53 bits per heavy atom. The van der Waals surface area contributed by atoms with Crippen LogP contribution in [-0.2, 0) is 10.0 Å². The van der Waals surface area contributed by atoms with Crippen molar-refractivity contribution in [1.29, 1.82) is 5.26 Å². The Morgan fingerprint density at radius 3 is 2.71 bits per heavy atom. The molecule has 0 aliphatic heterocycles. The van der Waals surface area contributed by atoms with E-state index < -0.39 is 10.0 Å². The Hall–Kier alpha value is -1.65. The van der Waals surface area contributed by atoms with Gasteiger partial charge in [-0.25, -0.2) is 18.1 Å². The Kier molecular flexibility index (Phi) is 4.43. The van der Waals surface area contributed by atoms with Crippen LogP contribution in [-0.4, -0.2) is 34.0 Å². The van der Waals surface area contributed by atoms with Gasteiger partial charge in [-0.15, -0.1) is 0 Å². The molecule has 92 valence electrons. The number of aromatic nitrogens is 1. The summed E-state index contributed by atoms with van der Waals surface area (Å²) in [7, 11) is -0.294. The zero-order valence-corrected chi connectivity index (χ0v) is 10.5. The van der Waals surface area contributed by atoms with E-state index in [-0.39, 0.29) is 4.90 Å². The lowest BCUT2D eigenvalue weighted by Gasteiger charge is -2.16. The van der Waals surface area contributed by atoms with Crippen LogP contribution < -0.4 is 9.62 Å². The lowest BCUT2D eigenvalue weighted by Crippen LogP contribution is -2.21. The zero-order chi connectivity index (χ0) is 12.9. The molecule has 0 aromatic carbocycles. The molecule has 1 N–H and O–H groups in total. The molecule has 0 aliphatic carbocycles. The van der Waals surface area contributed by atoms with Gasteiger partial charge in [0.05, 0.1) is 12.5 Å². The second kappa shape index (κ2) is 5.61. The molecule has 0 spiro atoms. The number of hydrogen-bond acceptors (Lipinski definition) is 5. The SMILES string of the molecule is CNS(=O)(=O)c1ccc(N(C)CCC#N)nc1. The topological polar surface area (TPSA) is 86.1 Å². The molecule has 0 aliphatic rings. The van der Waals surface area contributed by atoms with E-state index in [1.165, 1.54) is 19.3 Å². The smallest absolute Gasteiger partial charge is 0.241 e. The average Bonchev–Trinajstić information content (AvgIpc) is 2.36. The highest BCUT2D eigenvalue weighted by molar-refractivity contribution is 7.89. The number of nitrogens with zero attached hydrogens (tertiary/aromatic N) is 3. The quantitative estimate of drug-likeness (QED) is 0.818. The molecule has 1 heterocycles. The summed E-state index contributed by atoms with van der Waals surface area (Å²) in [4.78, 5) is 5.96. The van der Waals surface area contributed by atoms with E-state index >= 15 is 0 Å². The van der Waals surface area contributed by atoms with Crippen molar-refractivity contribution in [3.05, 3.63) is 18.3 Å². The van der Waals surface area contributed by atoms with Crippen LogP contribution in [0.25, 0.3) is 0 Å². The molecular formula is C10H14N4O2S. The second-order valence-corrected chi connectivity index (χ2v) is 5.28. The molecule has 1 aromatic heterocycles. The van der Waals surface area contributed by atoms with E-state index in [9.17, 15) is 8.42 Å². The van der Waals surface area contributed by atoms with E-state index in [2.05, 4.69) is 9.71 Å². The molecule has 0 amide bonds. The predicted octanol–water partition coefficient (Wildman–Crippen LogP) is 0.340. The van der Waals surface area contributed by atoms with Gasteiger partial charge >= 0.3 is 0 Å². The first-order valence-electron chi connectivity index (χ1n) is 4.99. The molecule has 1 rings (SSSR count). The van der Waals surface area contributed by atoms with Crippen LogP contribution in [0.15, 0.2) is 23.2 Å². The largest absolute Gasteiger partial charge is 0.359 e. The van der Waals surface area contributed by atoms with Gasteiger partial charge in [-0.05, 0) is 19.2 Å². The predicted molar refractivity (Wildman–Crippen MR) is 64.0 cm³/mol. The lowest BCUT2D eigenvalue weighted by atomic mass is 10.4. The molecule has 0 saturated carbocycles. The first-order chi connectivity index (χ1) is 8.01. The number of anilines is 1. The summed E-state index contributed by atoms with van der Waals surface area (Å²) in [6.45, 7) is 0.557. The van der Waals surface area contributed by atoms with Crippen LogP contribution in [0.4, 0.5) is 5.82 Å². The summed E-state index contributed by atoms with van der Waals surface area (Å²) in [6.07, 6.45) is 1.69. The summed E-state index contributed by atoms with van der Waals surface area (Å²) in [5.41, 5.74) is 0. The molecule has 1 aromatic rings. The van der Waals surface area contributed by atoms with E-state index in [4.69, 9.17) is 5.26 Å². The summed E-state index contributed by atoms with van der Waals surface area (Å²) in [6, 6.07) is 5.13. The molecular weight excluding hydrogens is 240 g/mol. The maximum Gasteiger partial charge on any atom is 0.241 e. The molecule has 6 nitrogen and oxygen atoms in total. The van der Waals surface area contributed by atoms with E-state index in [1.807, 2.05) is 6.07 Å². The maximum absolute atomic E-state index is 11.4. The third-order valence-corrected chi connectivity index (χ3v) is 3.65. The van der Waals surface area contributed by atoms with Crippen LogP contribution >= 0.6 is 0 Å². The Labute approximate surface area is 101 Å². The van der Waals surface area contributed by atoms with Crippen LogP contribution in [0, 0.1) is 11.3 Å². The van der Waals surface area contributed by atoms with E-state index in [0.29, 0.717) is 18.8 Å². The van der Waals surface area contributed by atoms with Crippen molar-refractivity contribution in [3.8, 4) is 6.07 Å². The fourth-order valence-electron chi connectivity index (χ4n) is 1.21. The molecule has 0 saturated heterocycles. The van der Waals surface area contributed by atoms with Crippen LogP contribution in [0.1, 0.15) is 6.42 Å². The van der Waals surface area contributed by atoms with Gasteiger partial charge in [-0.1, -0.05) is 0 Å². The van der Waals surface area contributed by atoms with Gasteiger partial charge in [0.1, 0.15) is 10.7 Å². The molecule has 0 fully saturated rings. The number of nitriles is 1. The van der Waals surface area contributed by atoms with Gasteiger partial charge in [0.25, 0.3) is 0 Å². The highest BCUT2D eigenvalue weighted by Crippen LogP contribution is 2.13. The van der Waals surface area contributed by atoms with Crippen LogP contribution in [0.5, 0.6) is 0 Å². The number of hydrogen-bond donors (Lipinski definition) is 1. The van der Waals surface area contributed by atoms with Crippen molar-refractivity contribution in [2.75, 3.05) is 25.5 Å². The Balaban J connectivity index is 2.86. The molecule has 0 atom stereocenters. The minimum atomic E-state index is -3.44. The summed E-state index contributed by atoms with van der Waals surface area (Å²) in [5, 5.41) is 8.46. The fourth-order valence-corrected chi connectivity index (χ4v) is 1.88. The first kappa shape index (κ1) is 13.4. The monoisotopic (exact) mass is 254 g/mol. The normalized spacial score (nSPS) is 10.9. The minimum absolute atomic E-state index is 0.123. The van der Waals surface area contributed by atoms with Gasteiger partial charge in [0.15, 0.2) is 0 Å². The number of nitrogens with one attached hydrogen (secondary N) is 1. The average molecular weight is 254 g/mol. The summed E-state index contributed by atoms with van der Waals surface area (Å²) in [5.74, 6) is 0.635. The van der Waals surface area contributed by atoms with Crippen molar-refractivity contribution in [2.24, 2.45) is 0 Å². The molecule has 7 heteroatoms. The zero-order valence-electron chi connectivity index (χ0n) is 9.71. The second-order valence-electron chi connectivity index (χ2n) is 3.39. The van der Waals surface area contributed by atoms with E-state index in [1.54, 1.807) is 18.0 Å². The third kappa shape index (κ3) is 3.41. The van der Waals surface area contributed by atoms with Gasteiger partial charge in [-0.3, -0.25) is 0 Å². The van der Waals surface area contributed by atoms with Crippen molar-refractivity contribution in [2.45, 2.75) is 11.3 Å². The minimum Gasteiger partial charge on any atom is -0.359 e. The van der Waals surface area contributed by atoms with E-state index in [0.717, 1.165) is 0 Å². The highest BCUT2D eigenvalue weighted by atomic mass is 32.2. The van der Waals surface area contributed by atoms with Gasteiger partial charge in [0, 0.05) is 19.8 Å². The fraction of sp³-hybridized carbons (Fsp3) is 0.400. The standard InChI is InChI=1S/C10H14N4O2S/c1-12-17(15,16)9-4-5-10(13-8-9)14(2)7-3-6-11/h4-5,8,12H,3,7H2,1-2H3. The number of rotatable bonds is 5. The molecule has 0 radical (unpaired) electrons. The molecule has 0 bridgehead atoms. The lowest BCUT2D eigenvalue weighted by molar-refractivity contribution is 0.588. The Morgan fingerprint density at radius 2 is 2.24 bits per heavy atom. The molecule has 0 unspecified atom stereocenters. The van der Waals surface area contributed by atoms with Gasteiger partial charge in [0.2, 0.25) is 10.0 Å². The highest BCUT2D eigenvalue weighted by Gasteiger charge is 2.12. The number of sulfonamides is 1. The van der Waals surface area contributed by atoms with Gasteiger partial charge in [-0.2, -0.15) is 5.26 Å². The maximum atomic E-state index is 11.4. The third-order valence-electron chi connectivity index (χ3n) is 2.25. The summed E-state index contributed by atoms with van der Waals surface area (Å²) < 4.78 is 25.1. The Bertz CT molecular complexity index is 504. The van der Waals surface area contributed by atoms with Crippen LogP contribution in [0.3, 0.4) is 0 Å². The van der Waals surface area contributed by atoms with Crippen molar-refractivity contribution in [1.82, 2.24) is 9.71 Å². The summed E-state index contributed by atoms with van der Waals surface area (Å²) >= 11 is 0. The van der Waals surface area contributed by atoms with Crippen molar-refractivity contribution in [3.63, 3.8) is 0 Å². The molecule has 17 heavy (non-hydrogen) atoms. The first-order valence-corrected chi connectivity index (χ1v) is 6.47. The van der Waals surface area contributed by atoms with Crippen LogP contribution in [0.2, 0.25) is 0 Å². The van der Waals surface area contributed by atoms with Gasteiger partial charge < -0.3 is 4.90 Å². The number of pyridine rings is 1. The van der Waals surface area contributed by atoms with Crippen molar-refractivity contribution >= 4 is 15.8 Å². The van der Waals surface area contributed by atoms with Crippen molar-refractivity contribution < 1.29 is 8.42 Å².